The van der Waals surface area contributed by atoms with Gasteiger partial charge in [-0.05, 0) is 17.7 Å². The molecule has 0 fully saturated rings. The Bertz CT molecular complexity index is 653. The van der Waals surface area contributed by atoms with E-state index in [0.29, 0.717) is 0 Å². The van der Waals surface area contributed by atoms with Crippen molar-refractivity contribution in [2.75, 3.05) is 12.8 Å². The van der Waals surface area contributed by atoms with Gasteiger partial charge in [-0.2, -0.15) is 0 Å². The van der Waals surface area contributed by atoms with Crippen molar-refractivity contribution in [2.45, 2.75) is 6.61 Å². The lowest BCUT2D eigenvalue weighted by Gasteiger charge is -2.10. The second kappa shape index (κ2) is 6.56. The van der Waals surface area contributed by atoms with Crippen LogP contribution in [-0.2, 0) is 16.1 Å². The van der Waals surface area contributed by atoms with Crippen molar-refractivity contribution in [1.29, 1.82) is 0 Å². The van der Waals surface area contributed by atoms with Gasteiger partial charge in [-0.15, -0.1) is 0 Å². The number of ether oxygens (including phenoxy) is 2. The summed E-state index contributed by atoms with van der Waals surface area (Å²) in [7, 11) is 1.23. The Morgan fingerprint density at radius 1 is 1.00 bits per heavy atom. The zero-order valence-corrected chi connectivity index (χ0v) is 11.5. The Morgan fingerprint density at radius 3 is 2.38 bits per heavy atom. The fourth-order valence-electron chi connectivity index (χ4n) is 1.87. The van der Waals surface area contributed by atoms with Crippen LogP contribution >= 0.6 is 0 Å². The number of methoxy groups -OCH3 is 1. The van der Waals surface area contributed by atoms with Crippen molar-refractivity contribution >= 4 is 17.6 Å². The average Bonchev–Trinajstić information content (AvgIpc) is 2.52. The lowest BCUT2D eigenvalue weighted by atomic mass is 10.1. The average molecular weight is 285 g/mol. The molecule has 2 N–H and O–H groups in total. The number of hydrogen-bond acceptors (Lipinski definition) is 5. The van der Waals surface area contributed by atoms with Gasteiger partial charge in [-0.3, -0.25) is 0 Å². The SMILES string of the molecule is COC(=O)c1c(N)cccc1C(=O)OCc1ccccc1. The summed E-state index contributed by atoms with van der Waals surface area (Å²) in [6.07, 6.45) is 0. The third-order valence-electron chi connectivity index (χ3n) is 2.92. The van der Waals surface area contributed by atoms with Gasteiger partial charge in [-0.1, -0.05) is 36.4 Å². The summed E-state index contributed by atoms with van der Waals surface area (Å²) >= 11 is 0. The van der Waals surface area contributed by atoms with Crippen LogP contribution in [0.5, 0.6) is 0 Å². The minimum atomic E-state index is -0.667. The predicted octanol–water partition coefficient (Wildman–Crippen LogP) is 2.41. The van der Waals surface area contributed by atoms with E-state index in [-0.39, 0.29) is 23.4 Å². The highest BCUT2D eigenvalue weighted by molar-refractivity contribution is 6.06. The van der Waals surface area contributed by atoms with Gasteiger partial charge in [0.25, 0.3) is 0 Å². The standard InChI is InChI=1S/C16H15NO4/c1-20-16(19)14-12(8-5-9-13(14)17)15(18)21-10-11-6-3-2-4-7-11/h2-9H,10,17H2,1H3. The minimum absolute atomic E-state index is 0.0260. The molecule has 0 aromatic heterocycles. The maximum atomic E-state index is 12.1. The van der Waals surface area contributed by atoms with Gasteiger partial charge >= 0.3 is 11.9 Å². The summed E-state index contributed by atoms with van der Waals surface area (Å²) < 4.78 is 9.85. The van der Waals surface area contributed by atoms with Gasteiger partial charge in [0.15, 0.2) is 0 Å². The summed E-state index contributed by atoms with van der Waals surface area (Å²) in [5, 5.41) is 0. The first-order valence-electron chi connectivity index (χ1n) is 6.31. The lowest BCUT2D eigenvalue weighted by Crippen LogP contribution is -2.15. The van der Waals surface area contributed by atoms with Crippen molar-refractivity contribution in [1.82, 2.24) is 0 Å². The number of nitrogens with two attached hydrogens (primary N) is 1. The number of benzene rings is 2. The van der Waals surface area contributed by atoms with Gasteiger partial charge in [0.1, 0.15) is 6.61 Å². The van der Waals surface area contributed by atoms with Crippen LogP contribution in [0.25, 0.3) is 0 Å². The molecule has 0 atom stereocenters. The van der Waals surface area contributed by atoms with Crippen LogP contribution < -0.4 is 5.73 Å². The Kier molecular flexibility index (Phi) is 4.56. The van der Waals surface area contributed by atoms with E-state index in [1.165, 1.54) is 19.2 Å². The minimum Gasteiger partial charge on any atom is -0.465 e. The molecule has 0 aliphatic heterocycles. The van der Waals surface area contributed by atoms with Crippen LogP contribution in [0.4, 0.5) is 5.69 Å². The van der Waals surface area contributed by atoms with Crippen LogP contribution in [0.15, 0.2) is 48.5 Å². The number of rotatable bonds is 4. The van der Waals surface area contributed by atoms with Crippen molar-refractivity contribution in [2.24, 2.45) is 0 Å². The van der Waals surface area contributed by atoms with Crippen LogP contribution in [0.1, 0.15) is 26.3 Å². The second-order valence-electron chi connectivity index (χ2n) is 4.32. The van der Waals surface area contributed by atoms with E-state index in [2.05, 4.69) is 4.74 Å². The predicted molar refractivity (Wildman–Crippen MR) is 77.8 cm³/mol. The Morgan fingerprint density at radius 2 is 1.71 bits per heavy atom. The van der Waals surface area contributed by atoms with E-state index in [0.717, 1.165) is 5.56 Å². The van der Waals surface area contributed by atoms with Gasteiger partial charge in [0.05, 0.1) is 18.2 Å². The van der Waals surface area contributed by atoms with Crippen LogP contribution in [0.3, 0.4) is 0 Å². The summed E-state index contributed by atoms with van der Waals surface area (Å²) in [6.45, 7) is 0.120. The number of nitrogen functional groups attached to an aromatic ring is 1. The highest BCUT2D eigenvalue weighted by Crippen LogP contribution is 2.19. The van der Waals surface area contributed by atoms with Crippen molar-refractivity contribution < 1.29 is 19.1 Å². The molecule has 0 bridgehead atoms. The summed E-state index contributed by atoms with van der Waals surface area (Å²) in [4.78, 5) is 23.8. The smallest absolute Gasteiger partial charge is 0.340 e. The highest BCUT2D eigenvalue weighted by atomic mass is 16.5. The van der Waals surface area contributed by atoms with Gasteiger partial charge in [-0.25, -0.2) is 9.59 Å². The quantitative estimate of drug-likeness (QED) is 0.689. The molecule has 5 heteroatoms. The van der Waals surface area contributed by atoms with Crippen molar-refractivity contribution in [3.63, 3.8) is 0 Å². The summed E-state index contributed by atoms with van der Waals surface area (Å²) in [5.74, 6) is -1.29. The zero-order chi connectivity index (χ0) is 15.2. The maximum Gasteiger partial charge on any atom is 0.340 e. The number of anilines is 1. The Balaban J connectivity index is 2.19. The molecule has 2 aromatic rings. The molecule has 0 heterocycles. The van der Waals surface area contributed by atoms with E-state index < -0.39 is 11.9 Å². The first-order valence-corrected chi connectivity index (χ1v) is 6.31. The van der Waals surface area contributed by atoms with E-state index in [1.807, 2.05) is 30.3 Å². The maximum absolute atomic E-state index is 12.1. The molecule has 0 amide bonds. The third-order valence-corrected chi connectivity index (χ3v) is 2.92. The molecule has 0 saturated heterocycles. The topological polar surface area (TPSA) is 78.6 Å². The molecule has 2 rings (SSSR count). The van der Waals surface area contributed by atoms with Crippen molar-refractivity contribution in [3.05, 3.63) is 65.2 Å². The molecule has 5 nitrogen and oxygen atoms in total. The molecule has 0 unspecified atom stereocenters. The number of hydrogen-bond donors (Lipinski definition) is 1. The van der Waals surface area contributed by atoms with Crippen LogP contribution in [-0.4, -0.2) is 19.0 Å². The highest BCUT2D eigenvalue weighted by Gasteiger charge is 2.21. The summed E-state index contributed by atoms with van der Waals surface area (Å²) in [5.41, 5.74) is 6.89. The molecule has 0 saturated carbocycles. The van der Waals surface area contributed by atoms with Crippen molar-refractivity contribution in [3.8, 4) is 0 Å². The van der Waals surface area contributed by atoms with E-state index in [4.69, 9.17) is 10.5 Å². The van der Waals surface area contributed by atoms with E-state index >= 15 is 0 Å². The monoisotopic (exact) mass is 285 g/mol. The van der Waals surface area contributed by atoms with E-state index in [1.54, 1.807) is 6.07 Å². The molecular weight excluding hydrogens is 270 g/mol. The largest absolute Gasteiger partial charge is 0.465 e. The van der Waals surface area contributed by atoms with Crippen LogP contribution in [0.2, 0.25) is 0 Å². The molecule has 21 heavy (non-hydrogen) atoms. The fourth-order valence-corrected chi connectivity index (χ4v) is 1.87. The summed E-state index contributed by atoms with van der Waals surface area (Å²) in [6, 6.07) is 13.9. The van der Waals surface area contributed by atoms with Gasteiger partial charge in [0, 0.05) is 5.69 Å². The fraction of sp³-hybridized carbons (Fsp3) is 0.125. The first-order chi connectivity index (χ1) is 10.1. The molecule has 2 aromatic carbocycles. The molecule has 0 radical (unpaired) electrons. The lowest BCUT2D eigenvalue weighted by molar-refractivity contribution is 0.0458. The van der Waals surface area contributed by atoms with Gasteiger partial charge in [0.2, 0.25) is 0 Å². The normalized spacial score (nSPS) is 9.95. The first kappa shape index (κ1) is 14.6. The number of esters is 2. The third kappa shape index (κ3) is 3.39. The Hall–Kier alpha value is -2.82. The molecule has 0 aliphatic rings. The molecule has 108 valence electrons. The number of carbonyl (C=O) groups excluding carboxylic acids is 2. The molecule has 0 aliphatic carbocycles. The van der Waals surface area contributed by atoms with E-state index in [9.17, 15) is 9.59 Å². The number of carbonyl (C=O) groups is 2. The van der Waals surface area contributed by atoms with Gasteiger partial charge < -0.3 is 15.2 Å². The molecular formula is C16H15NO4. The second-order valence-corrected chi connectivity index (χ2v) is 4.32. The zero-order valence-electron chi connectivity index (χ0n) is 11.5. The Labute approximate surface area is 122 Å². The van der Waals surface area contributed by atoms with Crippen LogP contribution in [0, 0.1) is 0 Å². The molecule has 0 spiro atoms.